The number of hydrogen-bond acceptors (Lipinski definition) is 20. The molecule has 0 spiro atoms. The summed E-state index contributed by atoms with van der Waals surface area (Å²) in [7, 11) is 0. The molecule has 0 heterocycles. The average molecular weight is 1880 g/mol. The fourth-order valence-corrected chi connectivity index (χ4v) is 13.5. The monoisotopic (exact) mass is 1880 g/mol. The van der Waals surface area contributed by atoms with Crippen LogP contribution in [0.5, 0.6) is 0 Å². The third-order valence-electron chi connectivity index (χ3n) is 22.1. The summed E-state index contributed by atoms with van der Waals surface area (Å²) in [4.78, 5) is 51.7. The third-order valence-corrected chi connectivity index (χ3v) is 22.1. The third kappa shape index (κ3) is 185. The second kappa shape index (κ2) is 144. The van der Waals surface area contributed by atoms with Gasteiger partial charge in [-0.3, -0.25) is 24.0 Å². The molecule has 0 radical (unpaired) electrons. The van der Waals surface area contributed by atoms with Crippen LogP contribution in [0.15, 0.2) is 0 Å². The molecule has 0 fully saturated rings. The molecule has 790 valence electrons. The number of hydrogen-bond donors (Lipinski definition) is 20. The van der Waals surface area contributed by atoms with E-state index < -0.39 is 60.4 Å². The van der Waals surface area contributed by atoms with E-state index in [0.717, 1.165) is 64.2 Å². The average Bonchev–Trinajstić information content (AvgIpc) is 1.11. The Morgan fingerprint density at radius 1 is 0.131 bits per heavy atom. The van der Waals surface area contributed by atoms with Crippen LogP contribution in [0.1, 0.15) is 548 Å². The Morgan fingerprint density at radius 2 is 0.192 bits per heavy atom. The van der Waals surface area contributed by atoms with Gasteiger partial charge in [-0.25, -0.2) is 0 Å². The number of aliphatic carboxylic acids is 5. The van der Waals surface area contributed by atoms with Crippen molar-refractivity contribution >= 4 is 29.8 Å². The number of rotatable bonds is 90. The molecular formula is C105H220O25. The lowest BCUT2D eigenvalue weighted by Crippen LogP contribution is -2.15. The standard InChI is InChI=1S/5C18H36O2.5C3H8O3/c5*1-2-3-4-5-6-7-8-9-10-11-12-13-14-15-16-17-18(19)20;5*4-1-3(6)2-5/h5*2-17H2,1H3,(H,19,20);5*3-6H,1-2H2. The van der Waals surface area contributed by atoms with E-state index in [4.69, 9.17) is 102 Å². The second-order valence-electron chi connectivity index (χ2n) is 35.6. The van der Waals surface area contributed by atoms with Gasteiger partial charge in [0, 0.05) is 32.1 Å². The number of carbonyl (C=O) groups is 5. The van der Waals surface area contributed by atoms with Gasteiger partial charge in [-0.05, 0) is 32.1 Å². The molecule has 0 aliphatic carbocycles. The van der Waals surface area contributed by atoms with Gasteiger partial charge in [0.25, 0.3) is 0 Å². The smallest absolute Gasteiger partial charge is 0.303 e. The van der Waals surface area contributed by atoms with Crippen molar-refractivity contribution in [1.29, 1.82) is 0 Å². The molecule has 0 unspecified atom stereocenters. The van der Waals surface area contributed by atoms with E-state index in [0.29, 0.717) is 32.1 Å². The Balaban J connectivity index is -0.000000160. The van der Waals surface area contributed by atoms with Gasteiger partial charge < -0.3 is 102 Å². The van der Waals surface area contributed by atoms with Crippen molar-refractivity contribution in [2.75, 3.05) is 66.1 Å². The Bertz CT molecular complexity index is 1650. The van der Waals surface area contributed by atoms with Gasteiger partial charge in [-0.1, -0.05) is 484 Å². The maximum absolute atomic E-state index is 10.3. The quantitative estimate of drug-likeness (QED) is 0.0251. The Hall–Kier alpha value is -3.25. The fraction of sp³-hybridized carbons (Fsp3) is 0.952. The maximum atomic E-state index is 10.3. The predicted octanol–water partition coefficient (Wildman–Crippen LogP) is 23.3. The minimum Gasteiger partial charge on any atom is -0.481 e. The molecule has 0 aromatic rings. The summed E-state index contributed by atoms with van der Waals surface area (Å²) in [6, 6.07) is 0. The van der Waals surface area contributed by atoms with Crippen LogP contribution < -0.4 is 0 Å². The summed E-state index contributed by atoms with van der Waals surface area (Å²) in [6.07, 6.45) is 96.2. The van der Waals surface area contributed by atoms with Gasteiger partial charge >= 0.3 is 29.8 Å². The number of aliphatic hydroxyl groups is 15. The summed E-state index contributed by atoms with van der Waals surface area (Å²) in [5, 5.41) is 163. The van der Waals surface area contributed by atoms with E-state index >= 15 is 0 Å². The highest BCUT2D eigenvalue weighted by Gasteiger charge is 2.06. The van der Waals surface area contributed by atoms with Crippen molar-refractivity contribution in [3.63, 3.8) is 0 Å². The van der Waals surface area contributed by atoms with Gasteiger partial charge in [-0.15, -0.1) is 0 Å². The Morgan fingerprint density at radius 3 is 0.238 bits per heavy atom. The summed E-state index contributed by atoms with van der Waals surface area (Å²) in [6.45, 7) is 7.70. The summed E-state index contributed by atoms with van der Waals surface area (Å²) in [5.74, 6) is -3.27. The lowest BCUT2D eigenvalue weighted by atomic mass is 10.0. The summed E-state index contributed by atoms with van der Waals surface area (Å²) < 4.78 is 0. The van der Waals surface area contributed by atoms with Crippen LogP contribution >= 0.6 is 0 Å². The van der Waals surface area contributed by atoms with Gasteiger partial charge in [0.1, 0.15) is 30.5 Å². The van der Waals surface area contributed by atoms with Crippen LogP contribution in [0.4, 0.5) is 0 Å². The molecule has 0 aliphatic heterocycles. The van der Waals surface area contributed by atoms with Crippen LogP contribution in [0.2, 0.25) is 0 Å². The topological polar surface area (TPSA) is 490 Å². The van der Waals surface area contributed by atoms with E-state index in [2.05, 4.69) is 34.6 Å². The molecule has 0 rings (SSSR count). The van der Waals surface area contributed by atoms with Crippen LogP contribution in [-0.2, 0) is 24.0 Å². The Kier molecular flexibility index (Phi) is 162. The lowest BCUT2D eigenvalue weighted by molar-refractivity contribution is -0.138. The molecule has 0 aromatic carbocycles. The molecule has 0 aromatic heterocycles. The van der Waals surface area contributed by atoms with E-state index in [1.54, 1.807) is 0 Å². The summed E-state index contributed by atoms with van der Waals surface area (Å²) in [5.41, 5.74) is 0. The SMILES string of the molecule is CCCCCCCCCCCCCCCCCC(=O)O.CCCCCCCCCCCCCCCCCC(=O)O.CCCCCCCCCCCCCCCCCC(=O)O.CCCCCCCCCCCCCCCCCC(=O)O.CCCCCCCCCCCCCCCCCC(=O)O.OCC(O)CO.OCC(O)CO.OCC(O)CO.OCC(O)CO.OCC(O)CO. The highest BCUT2D eigenvalue weighted by Crippen LogP contribution is 2.20. The first-order valence-corrected chi connectivity index (χ1v) is 53.5. The predicted molar refractivity (Wildman–Crippen MR) is 537 cm³/mol. The van der Waals surface area contributed by atoms with Gasteiger partial charge in [-0.2, -0.15) is 0 Å². The molecule has 25 nitrogen and oxygen atoms in total. The molecule has 0 bridgehead atoms. The largest absolute Gasteiger partial charge is 0.481 e. The highest BCUT2D eigenvalue weighted by molar-refractivity contribution is 5.67. The van der Waals surface area contributed by atoms with Crippen molar-refractivity contribution in [3.05, 3.63) is 0 Å². The molecule has 0 saturated carbocycles. The number of unbranched alkanes of at least 4 members (excludes halogenated alkanes) is 70. The first kappa shape index (κ1) is 147. The van der Waals surface area contributed by atoms with Crippen molar-refractivity contribution in [3.8, 4) is 0 Å². The minimum absolute atomic E-state index is 0.345. The zero-order valence-corrected chi connectivity index (χ0v) is 85.0. The van der Waals surface area contributed by atoms with Gasteiger partial charge in [0.15, 0.2) is 0 Å². The first-order valence-electron chi connectivity index (χ1n) is 53.5. The maximum Gasteiger partial charge on any atom is 0.303 e. The molecule has 0 atom stereocenters. The minimum atomic E-state index is -0.954. The van der Waals surface area contributed by atoms with E-state index in [1.165, 1.54) is 417 Å². The zero-order valence-electron chi connectivity index (χ0n) is 85.0. The molecule has 0 amide bonds. The first-order chi connectivity index (χ1) is 62.9. The molecule has 130 heavy (non-hydrogen) atoms. The van der Waals surface area contributed by atoms with Crippen LogP contribution in [0.25, 0.3) is 0 Å². The van der Waals surface area contributed by atoms with Gasteiger partial charge in [0.2, 0.25) is 0 Å². The normalized spacial score (nSPS) is 10.7. The van der Waals surface area contributed by atoms with Gasteiger partial charge in [0.05, 0.1) is 66.1 Å². The molecule has 20 N–H and O–H groups in total. The van der Waals surface area contributed by atoms with Crippen LogP contribution in [-0.4, -0.2) is 229 Å². The fourth-order valence-electron chi connectivity index (χ4n) is 13.5. The van der Waals surface area contributed by atoms with Crippen molar-refractivity contribution in [1.82, 2.24) is 0 Å². The lowest BCUT2D eigenvalue weighted by Gasteiger charge is -2.03. The van der Waals surface area contributed by atoms with Crippen molar-refractivity contribution < 1.29 is 126 Å². The molecule has 25 heteroatoms. The van der Waals surface area contributed by atoms with Crippen molar-refractivity contribution in [2.45, 2.75) is 579 Å². The van der Waals surface area contributed by atoms with Crippen molar-refractivity contribution in [2.24, 2.45) is 0 Å². The second-order valence-corrected chi connectivity index (χ2v) is 35.6. The highest BCUT2D eigenvalue weighted by atomic mass is 16.4. The molecule has 0 saturated heterocycles. The molecular weight excluding hydrogens is 1660 g/mol. The van der Waals surface area contributed by atoms with E-state index in [1.807, 2.05) is 0 Å². The number of aliphatic hydroxyl groups excluding tert-OH is 15. The van der Waals surface area contributed by atoms with Crippen LogP contribution in [0.3, 0.4) is 0 Å². The van der Waals surface area contributed by atoms with E-state index in [9.17, 15) is 24.0 Å². The number of carboxylic acids is 5. The zero-order chi connectivity index (χ0) is 99.4. The number of carboxylic acid groups (broad SMARTS) is 5. The van der Waals surface area contributed by atoms with Crippen LogP contribution in [0, 0.1) is 0 Å². The summed E-state index contributed by atoms with van der Waals surface area (Å²) >= 11 is 0. The van der Waals surface area contributed by atoms with E-state index in [-0.39, 0.29) is 66.1 Å². The Labute approximate surface area is 796 Å². The molecule has 0 aliphatic rings.